The number of ether oxygens (including phenoxy) is 1. The van der Waals surface area contributed by atoms with E-state index < -0.39 is 10.9 Å². The van der Waals surface area contributed by atoms with Gasteiger partial charge < -0.3 is 15.6 Å². The van der Waals surface area contributed by atoms with Gasteiger partial charge in [-0.15, -0.1) is 0 Å². The van der Waals surface area contributed by atoms with Crippen molar-refractivity contribution in [2.45, 2.75) is 37.5 Å². The van der Waals surface area contributed by atoms with Crippen molar-refractivity contribution in [1.82, 2.24) is 5.32 Å². The van der Waals surface area contributed by atoms with E-state index in [-0.39, 0.29) is 17.8 Å². The van der Waals surface area contributed by atoms with Gasteiger partial charge in [0.05, 0.1) is 0 Å². The lowest BCUT2D eigenvalue weighted by Gasteiger charge is -2.18. The van der Waals surface area contributed by atoms with Crippen LogP contribution in [0.4, 0.5) is 4.79 Å². The number of aliphatic hydroxyl groups is 1. The maximum absolute atomic E-state index is 11.9. The van der Waals surface area contributed by atoms with Gasteiger partial charge in [0, 0.05) is 0 Å². The second kappa shape index (κ2) is 9.61. The second-order valence-electron chi connectivity index (χ2n) is 6.73. The average molecular weight is 403 g/mol. The summed E-state index contributed by atoms with van der Waals surface area (Å²) in [6, 6.07) is 7.24. The number of nitrogens with one attached hydrogen (secondary N) is 1. The molecule has 1 saturated heterocycles. The van der Waals surface area contributed by atoms with Crippen LogP contribution in [0, 0.1) is 0 Å². The highest BCUT2D eigenvalue weighted by atomic mass is 32.2. The number of rotatable bonds is 9. The van der Waals surface area contributed by atoms with Crippen LogP contribution in [-0.2, 0) is 11.2 Å². The summed E-state index contributed by atoms with van der Waals surface area (Å²) in [7, 11) is 0. The van der Waals surface area contributed by atoms with E-state index in [1.807, 2.05) is 25.1 Å². The van der Waals surface area contributed by atoms with Gasteiger partial charge in [0.1, 0.15) is 23.2 Å². The summed E-state index contributed by atoms with van der Waals surface area (Å²) >= 11 is 1.01. The topological polar surface area (TPSA) is 102 Å². The molecular weight excluding hydrogens is 376 g/mol. The van der Waals surface area contributed by atoms with Gasteiger partial charge in [0.25, 0.3) is 5.24 Å². The third-order valence-electron chi connectivity index (χ3n) is 4.45. The fraction of sp³-hybridized carbons (Fsp3) is 0.333. The third kappa shape index (κ3) is 5.74. The van der Waals surface area contributed by atoms with Crippen molar-refractivity contribution in [3.05, 3.63) is 65.9 Å². The first kappa shape index (κ1) is 21.8. The Morgan fingerprint density at radius 3 is 2.57 bits per heavy atom. The van der Waals surface area contributed by atoms with Crippen LogP contribution in [0.2, 0.25) is 0 Å². The Balaban J connectivity index is 1.88. The van der Waals surface area contributed by atoms with Crippen LogP contribution in [0.15, 0.2) is 60.3 Å². The molecule has 0 aliphatic carbocycles. The van der Waals surface area contributed by atoms with E-state index in [2.05, 4.69) is 11.9 Å². The summed E-state index contributed by atoms with van der Waals surface area (Å²) in [5, 5.41) is 12.2. The Bertz CT molecular complexity index is 801. The summed E-state index contributed by atoms with van der Waals surface area (Å²) < 4.78 is 4.82. The molecule has 1 heterocycles. The molecule has 6 nitrogen and oxygen atoms in total. The number of hydrogen-bond acceptors (Lipinski definition) is 6. The maximum Gasteiger partial charge on any atom is 0.286 e. The molecule has 4 N–H and O–H groups in total. The lowest BCUT2D eigenvalue weighted by atomic mass is 9.99. The van der Waals surface area contributed by atoms with Crippen LogP contribution in [0.25, 0.3) is 0 Å². The number of benzene rings is 1. The quantitative estimate of drug-likeness (QED) is 0.549. The minimum Gasteiger partial charge on any atom is -0.491 e. The smallest absolute Gasteiger partial charge is 0.286 e. The van der Waals surface area contributed by atoms with E-state index in [9.17, 15) is 14.7 Å². The maximum atomic E-state index is 11.9. The normalized spacial score (nSPS) is 21.0. The highest BCUT2D eigenvalue weighted by Gasteiger charge is 2.43. The zero-order valence-electron chi connectivity index (χ0n) is 16.1. The van der Waals surface area contributed by atoms with E-state index in [0.717, 1.165) is 29.3 Å². The first-order chi connectivity index (χ1) is 13.3. The molecule has 2 rings (SSSR count). The summed E-state index contributed by atoms with van der Waals surface area (Å²) in [6.07, 6.45) is 5.48. The first-order valence-electron chi connectivity index (χ1n) is 8.99. The zero-order chi connectivity index (χ0) is 20.7. The molecule has 1 aromatic carbocycles. The predicted molar refractivity (Wildman–Crippen MR) is 112 cm³/mol. The van der Waals surface area contributed by atoms with Gasteiger partial charge in [0.15, 0.2) is 0 Å². The van der Waals surface area contributed by atoms with Gasteiger partial charge in [0.2, 0.25) is 5.91 Å². The molecule has 0 radical (unpaired) electrons. The van der Waals surface area contributed by atoms with Gasteiger partial charge in [-0.2, -0.15) is 0 Å². The molecule has 1 aliphatic heterocycles. The Labute approximate surface area is 169 Å². The molecule has 0 aromatic heterocycles. The van der Waals surface area contributed by atoms with Crippen LogP contribution < -0.4 is 15.8 Å². The van der Waals surface area contributed by atoms with Crippen molar-refractivity contribution in [2.75, 3.05) is 6.61 Å². The minimum absolute atomic E-state index is 0.0702. The molecule has 7 heteroatoms. The molecule has 150 valence electrons. The van der Waals surface area contributed by atoms with Crippen molar-refractivity contribution in [3.8, 4) is 5.75 Å². The molecule has 0 bridgehead atoms. The van der Waals surface area contributed by atoms with E-state index >= 15 is 0 Å². The number of amides is 2. The number of allylic oxidation sites excluding steroid dienone is 2. The zero-order valence-corrected chi connectivity index (χ0v) is 16.9. The second-order valence-corrected chi connectivity index (χ2v) is 8.20. The molecule has 1 fully saturated rings. The van der Waals surface area contributed by atoms with Gasteiger partial charge in [-0.25, -0.2) is 0 Å². The minimum atomic E-state index is -0.838. The number of carbonyl (C=O) groups is 2. The Hall–Kier alpha value is -2.51. The molecule has 1 aromatic rings. The molecular formula is C21H26N2O4S. The predicted octanol–water partition coefficient (Wildman–Crippen LogP) is 3.08. The number of hydrogen-bond donors (Lipinski definition) is 3. The number of imide groups is 1. The summed E-state index contributed by atoms with van der Waals surface area (Å²) in [4.78, 5) is 23.3. The summed E-state index contributed by atoms with van der Waals surface area (Å²) in [5.74, 6) is 0.327. The largest absolute Gasteiger partial charge is 0.491 e. The van der Waals surface area contributed by atoms with Crippen molar-refractivity contribution < 1.29 is 19.4 Å². The van der Waals surface area contributed by atoms with Crippen LogP contribution in [-0.4, -0.2) is 33.7 Å². The Morgan fingerprint density at radius 1 is 1.36 bits per heavy atom. The Kier molecular flexibility index (Phi) is 7.48. The fourth-order valence-electron chi connectivity index (χ4n) is 2.61. The Morgan fingerprint density at radius 2 is 2.04 bits per heavy atom. The lowest BCUT2D eigenvalue weighted by molar-refractivity contribution is -0.121. The van der Waals surface area contributed by atoms with Crippen LogP contribution in [0.1, 0.15) is 25.8 Å². The van der Waals surface area contributed by atoms with E-state index in [1.165, 1.54) is 6.20 Å². The van der Waals surface area contributed by atoms with Crippen LogP contribution >= 0.6 is 11.8 Å². The van der Waals surface area contributed by atoms with Gasteiger partial charge in [-0.05, 0) is 66.6 Å². The average Bonchev–Trinajstić information content (AvgIpc) is 2.92. The molecule has 1 unspecified atom stereocenters. The van der Waals surface area contributed by atoms with E-state index in [0.29, 0.717) is 17.7 Å². The van der Waals surface area contributed by atoms with Crippen molar-refractivity contribution in [3.63, 3.8) is 0 Å². The third-order valence-corrected chi connectivity index (χ3v) is 5.52. The van der Waals surface area contributed by atoms with E-state index in [4.69, 9.17) is 10.5 Å². The van der Waals surface area contributed by atoms with Crippen molar-refractivity contribution >= 4 is 22.9 Å². The molecule has 1 aliphatic rings. The van der Waals surface area contributed by atoms with Crippen LogP contribution in [0.5, 0.6) is 5.75 Å². The first-order valence-corrected chi connectivity index (χ1v) is 9.81. The molecule has 0 spiro atoms. The van der Waals surface area contributed by atoms with E-state index in [1.54, 1.807) is 25.1 Å². The standard InChI is InChI=1S/C21H26N2O4S/c1-4-15(12-22)6-5-14(2)18(24)13-27-17-9-7-16(8-10-17)11-21(3)19(25)23-20(26)28-21/h5-10,12,18,24H,2,4,11,13,22H2,1,3H3,(H,23,25,26)/b6-5-,15-12-/t18-,21?/m0/s1. The molecule has 2 atom stereocenters. The molecule has 0 saturated carbocycles. The number of aliphatic hydroxyl groups excluding tert-OH is 1. The SMILES string of the molecule is C=C(/C=C\C(=C/N)CC)[C@@H](O)COc1ccc(CC2(C)SC(=O)NC2=O)cc1. The number of nitrogens with two attached hydrogens (primary N) is 1. The van der Waals surface area contributed by atoms with Gasteiger partial charge >= 0.3 is 0 Å². The van der Waals surface area contributed by atoms with Crippen molar-refractivity contribution in [1.29, 1.82) is 0 Å². The highest BCUT2D eigenvalue weighted by Crippen LogP contribution is 2.34. The molecule has 28 heavy (non-hydrogen) atoms. The highest BCUT2D eigenvalue weighted by molar-refractivity contribution is 8.16. The molecule has 2 amide bonds. The fourth-order valence-corrected chi connectivity index (χ4v) is 3.54. The summed E-state index contributed by atoms with van der Waals surface area (Å²) in [6.45, 7) is 7.66. The van der Waals surface area contributed by atoms with Crippen LogP contribution in [0.3, 0.4) is 0 Å². The van der Waals surface area contributed by atoms with Gasteiger partial charge in [-0.1, -0.05) is 37.8 Å². The van der Waals surface area contributed by atoms with Gasteiger partial charge in [-0.3, -0.25) is 14.9 Å². The lowest BCUT2D eigenvalue weighted by Crippen LogP contribution is -2.35. The summed E-state index contributed by atoms with van der Waals surface area (Å²) in [5.41, 5.74) is 7.90. The monoisotopic (exact) mass is 402 g/mol. The number of thioether (sulfide) groups is 1. The number of carbonyl (C=O) groups excluding carboxylic acids is 2. The van der Waals surface area contributed by atoms with Crippen molar-refractivity contribution in [2.24, 2.45) is 5.73 Å².